The maximum absolute atomic E-state index is 14.8. The molecule has 1 aliphatic heterocycles. The van der Waals surface area contributed by atoms with Gasteiger partial charge in [0.05, 0.1) is 19.1 Å². The molecule has 25 heteroatoms. The van der Waals surface area contributed by atoms with Crippen molar-refractivity contribution in [1.82, 2.24) is 47.1 Å². The average Bonchev–Trinajstić information content (AvgIpc) is 4.15. The smallest absolute Gasteiger partial charge is 0.328 e. The number of carboxylic acids is 1. The van der Waals surface area contributed by atoms with E-state index in [2.05, 4.69) is 42.2 Å². The molecule has 1 aliphatic rings. The number of H-pyrrole nitrogens is 1. The fraction of sp³-hybridized carbons (Fsp3) is 0.444. The van der Waals surface area contributed by atoms with Crippen LogP contribution in [0.5, 0.6) is 5.75 Å². The summed E-state index contributed by atoms with van der Waals surface area (Å²) in [5, 5.41) is 57.2. The Hall–Kier alpha value is -8.42. The topological polar surface area (TPSA) is 407 Å². The van der Waals surface area contributed by atoms with Crippen LogP contribution >= 0.6 is 0 Å². The molecule has 3 aromatic carbocycles. The highest BCUT2D eigenvalue weighted by Gasteiger charge is 2.40. The molecule has 9 amide bonds. The molecule has 426 valence electrons. The average molecular weight is 1100 g/mol. The van der Waals surface area contributed by atoms with Gasteiger partial charge in [-0.25, -0.2) is 4.79 Å². The number of hydrogen-bond acceptors (Lipinski definition) is 14. The number of rotatable bonds is 28. The molecule has 1 aromatic heterocycles. The number of phenols is 1. The van der Waals surface area contributed by atoms with Crippen molar-refractivity contribution >= 4 is 70.0 Å². The molecule has 0 aliphatic carbocycles. The van der Waals surface area contributed by atoms with Gasteiger partial charge in [-0.15, -0.1) is 0 Å². The van der Waals surface area contributed by atoms with Crippen molar-refractivity contribution in [2.75, 3.05) is 13.2 Å². The van der Waals surface area contributed by atoms with Crippen molar-refractivity contribution in [3.05, 3.63) is 102 Å². The van der Waals surface area contributed by atoms with Gasteiger partial charge in [0.2, 0.25) is 53.2 Å². The first kappa shape index (κ1) is 61.4. The zero-order chi connectivity index (χ0) is 58.1. The second-order valence-electron chi connectivity index (χ2n) is 20.0. The van der Waals surface area contributed by atoms with Gasteiger partial charge in [-0.2, -0.15) is 0 Å². The monoisotopic (exact) mass is 1100 g/mol. The lowest BCUT2D eigenvalue weighted by atomic mass is 10.0. The minimum absolute atomic E-state index is 0.0875. The number of aromatic amines is 1. The van der Waals surface area contributed by atoms with Crippen LogP contribution in [0.15, 0.2) is 85.1 Å². The summed E-state index contributed by atoms with van der Waals surface area (Å²) >= 11 is 0. The van der Waals surface area contributed by atoms with E-state index in [1.54, 1.807) is 60.8 Å². The zero-order valence-electron chi connectivity index (χ0n) is 44.3. The largest absolute Gasteiger partial charge is 0.508 e. The van der Waals surface area contributed by atoms with Crippen LogP contribution in [0.4, 0.5) is 0 Å². The molecule has 0 bridgehead atoms. The summed E-state index contributed by atoms with van der Waals surface area (Å²) in [5.74, 6) is -9.78. The number of hydrogen-bond donors (Lipinski definition) is 14. The number of nitrogens with one attached hydrogen (secondary N) is 8. The number of aromatic hydroxyl groups is 1. The zero-order valence-corrected chi connectivity index (χ0v) is 44.3. The summed E-state index contributed by atoms with van der Waals surface area (Å²) in [6.07, 6.45) is -0.600. The highest BCUT2D eigenvalue weighted by atomic mass is 16.4. The van der Waals surface area contributed by atoms with Crippen molar-refractivity contribution < 1.29 is 68.4 Å². The standard InChI is InChI=1S/C54H71N11O14/c1-28(2)21-42(63-47(71)36(55)27-66)53(77)65-20-10-15-43(65)52(76)62-39(23-32-16-18-34(68)19-17-32)49(73)60-40(24-33-26-57-37-14-9-8-13-35(33)37)50(74)61-41(25-44(56)69)51(75)59-38(22-31-11-6-5-7-12-31)48(72)58-29(3)46(70)64-45(30(4)67)54(78)79/h5-9,11-14,16-19,26,28-30,36,38-43,45,57,66-68H,10,15,20-25,27,55H2,1-4H3,(H2,56,69)(H,58,72)(H,59,75)(H,60,73)(H,61,74)(H,62,76)(H,63,71)(H,64,70)(H,78,79)/t29-,30+,36-,38-,39-,40-,41-,42-,43-,45-/m0/s1. The number of nitrogens with two attached hydrogens (primary N) is 2. The molecule has 0 radical (unpaired) electrons. The Morgan fingerprint density at radius 3 is 1.80 bits per heavy atom. The minimum Gasteiger partial charge on any atom is -0.508 e. The molecule has 0 saturated carbocycles. The van der Waals surface area contributed by atoms with Crippen LogP contribution in [0.25, 0.3) is 10.9 Å². The van der Waals surface area contributed by atoms with Gasteiger partial charge in [0.15, 0.2) is 6.04 Å². The quantitative estimate of drug-likeness (QED) is 0.0293. The lowest BCUT2D eigenvalue weighted by Crippen LogP contribution is -2.61. The molecule has 0 unspecified atom stereocenters. The van der Waals surface area contributed by atoms with Gasteiger partial charge in [-0.3, -0.25) is 43.2 Å². The van der Waals surface area contributed by atoms with Crippen LogP contribution in [0.1, 0.15) is 70.1 Å². The van der Waals surface area contributed by atoms with Crippen LogP contribution in [-0.4, -0.2) is 163 Å². The van der Waals surface area contributed by atoms with E-state index in [0.717, 1.165) is 6.92 Å². The molecule has 1 saturated heterocycles. The van der Waals surface area contributed by atoms with Gasteiger partial charge in [0, 0.05) is 42.9 Å². The highest BCUT2D eigenvalue weighted by Crippen LogP contribution is 2.23. The van der Waals surface area contributed by atoms with E-state index in [1.807, 2.05) is 13.8 Å². The summed E-state index contributed by atoms with van der Waals surface area (Å²) in [4.78, 5) is 141. The Labute approximate surface area is 455 Å². The Balaban J connectivity index is 1.44. The number of para-hydroxylation sites is 1. The minimum atomic E-state index is -1.79. The molecule has 25 nitrogen and oxygen atoms in total. The summed E-state index contributed by atoms with van der Waals surface area (Å²) < 4.78 is 0. The van der Waals surface area contributed by atoms with E-state index in [0.29, 0.717) is 34.0 Å². The number of phenolic OH excluding ortho intramolecular Hbond substituents is 1. The van der Waals surface area contributed by atoms with Crippen LogP contribution in [0.2, 0.25) is 0 Å². The highest BCUT2D eigenvalue weighted by molar-refractivity contribution is 6.00. The van der Waals surface area contributed by atoms with Gasteiger partial charge in [0.1, 0.15) is 54.1 Å². The third-order valence-corrected chi connectivity index (χ3v) is 13.2. The van der Waals surface area contributed by atoms with Crippen molar-refractivity contribution in [2.24, 2.45) is 17.4 Å². The maximum Gasteiger partial charge on any atom is 0.328 e. The molecule has 1 fully saturated rings. The number of fused-ring (bicyclic) bond motifs is 1. The maximum atomic E-state index is 14.8. The normalized spacial score (nSPS) is 16.6. The van der Waals surface area contributed by atoms with Gasteiger partial charge < -0.3 is 79.0 Å². The van der Waals surface area contributed by atoms with E-state index in [4.69, 9.17) is 11.5 Å². The third-order valence-electron chi connectivity index (χ3n) is 13.2. The number of carbonyl (C=O) groups excluding carboxylic acids is 9. The number of aliphatic hydroxyl groups excluding tert-OH is 2. The molecule has 5 rings (SSSR count). The lowest BCUT2D eigenvalue weighted by molar-refractivity contribution is -0.145. The molecule has 2 heterocycles. The van der Waals surface area contributed by atoms with Crippen molar-refractivity contribution in [1.29, 1.82) is 0 Å². The molecular formula is C54H71N11O14. The molecular weight excluding hydrogens is 1030 g/mol. The van der Waals surface area contributed by atoms with E-state index in [-0.39, 0.29) is 50.3 Å². The SMILES string of the molecule is CC(C)C[C@H](NC(=O)[C@@H](N)CO)C(=O)N1CCC[C@H]1C(=O)N[C@@H](Cc1ccc(O)cc1)C(=O)N[C@@H](Cc1c[nH]c2ccccc12)C(=O)N[C@@H](CC(N)=O)C(=O)N[C@@H](Cc1ccccc1)C(=O)N[C@@H](C)C(=O)N[C@H](C(=O)O)[C@@H](C)O. The van der Waals surface area contributed by atoms with Gasteiger partial charge in [-0.05, 0) is 73.9 Å². The van der Waals surface area contributed by atoms with Crippen LogP contribution < -0.4 is 48.7 Å². The van der Waals surface area contributed by atoms with Crippen LogP contribution in [0, 0.1) is 5.92 Å². The second-order valence-corrected chi connectivity index (χ2v) is 20.0. The van der Waals surface area contributed by atoms with E-state index < -0.39 is 133 Å². The number of amides is 9. The van der Waals surface area contributed by atoms with Gasteiger partial charge in [-0.1, -0.05) is 74.5 Å². The summed E-state index contributed by atoms with van der Waals surface area (Å²) in [6.45, 7) is 5.51. The first-order chi connectivity index (χ1) is 37.4. The predicted octanol–water partition coefficient (Wildman–Crippen LogP) is -1.99. The van der Waals surface area contributed by atoms with E-state index in [9.17, 15) is 68.4 Å². The Bertz CT molecular complexity index is 2810. The third kappa shape index (κ3) is 17.8. The Morgan fingerprint density at radius 2 is 1.20 bits per heavy atom. The lowest BCUT2D eigenvalue weighted by Gasteiger charge is -2.31. The number of carbonyl (C=O) groups is 10. The van der Waals surface area contributed by atoms with Crippen molar-refractivity contribution in [2.45, 2.75) is 133 Å². The Kier molecular flexibility index (Phi) is 22.4. The number of aliphatic hydroxyl groups is 2. The molecule has 79 heavy (non-hydrogen) atoms. The van der Waals surface area contributed by atoms with Crippen LogP contribution in [-0.2, 0) is 67.2 Å². The molecule has 16 N–H and O–H groups in total. The number of aromatic nitrogens is 1. The number of aliphatic carboxylic acids is 1. The molecule has 10 atom stereocenters. The van der Waals surface area contributed by atoms with Crippen LogP contribution in [0.3, 0.4) is 0 Å². The first-order valence-electron chi connectivity index (χ1n) is 25.8. The summed E-state index contributed by atoms with van der Waals surface area (Å²) in [6, 6.07) is 8.21. The van der Waals surface area contributed by atoms with Gasteiger partial charge in [0.25, 0.3) is 0 Å². The number of benzene rings is 3. The summed E-state index contributed by atoms with van der Waals surface area (Å²) in [7, 11) is 0. The molecule has 4 aromatic rings. The number of primary amides is 1. The fourth-order valence-electron chi connectivity index (χ4n) is 8.97. The number of likely N-dealkylation sites (tertiary alicyclic amines) is 1. The number of carboxylic acid groups (broad SMARTS) is 1. The molecule has 0 spiro atoms. The Morgan fingerprint density at radius 1 is 0.658 bits per heavy atom. The summed E-state index contributed by atoms with van der Waals surface area (Å²) in [5.41, 5.74) is 13.5. The first-order valence-corrected chi connectivity index (χ1v) is 25.8. The van der Waals surface area contributed by atoms with E-state index in [1.165, 1.54) is 36.1 Å². The van der Waals surface area contributed by atoms with Crippen molar-refractivity contribution in [3.63, 3.8) is 0 Å². The predicted molar refractivity (Wildman–Crippen MR) is 286 cm³/mol. The second kappa shape index (κ2) is 28.8. The fourth-order valence-corrected chi connectivity index (χ4v) is 8.97. The van der Waals surface area contributed by atoms with Crippen molar-refractivity contribution in [3.8, 4) is 5.75 Å². The number of nitrogens with zero attached hydrogens (tertiary/aromatic N) is 1. The van der Waals surface area contributed by atoms with E-state index >= 15 is 0 Å². The van der Waals surface area contributed by atoms with Gasteiger partial charge >= 0.3 is 5.97 Å².